The summed E-state index contributed by atoms with van der Waals surface area (Å²) in [5.74, 6) is 0.631. The Bertz CT molecular complexity index is 1620. The molecule has 12 heteroatoms. The average molecular weight is 817 g/mol. The van der Waals surface area contributed by atoms with Crippen LogP contribution in [0.25, 0.3) is 0 Å². The third kappa shape index (κ3) is 8.76. The van der Waals surface area contributed by atoms with Gasteiger partial charge in [-0.15, -0.1) is 0 Å². The average Bonchev–Trinajstić information content (AvgIpc) is 3.48. The summed E-state index contributed by atoms with van der Waals surface area (Å²) in [7, 11) is 0. The molecule has 2 amide bonds. The molecule has 2 N–H and O–H groups in total. The number of rotatable bonds is 12. The van der Waals surface area contributed by atoms with Crippen LogP contribution in [0.15, 0.2) is 29.0 Å². The predicted octanol–water partition coefficient (Wildman–Crippen LogP) is 9.81. The number of hydrogen-bond acceptors (Lipinski definition) is 7. The van der Waals surface area contributed by atoms with Gasteiger partial charge in [0.1, 0.15) is 18.5 Å². The maximum Gasteiger partial charge on any atom is 0.325 e. The SMILES string of the molecule is Cc1cnc(NC(=O)Nc2cc(Br)c(C)cc2OC[C@@H]2CN(CCCCCO[C@H]3CC[C@H]4[C@@H]5CC[C@H]6CC(F)(F)CC[C@]6(C)[C@H]5CC[C@]34C)CCO2)cn1. The Morgan fingerprint density at radius 3 is 2.63 bits per heavy atom. The van der Waals surface area contributed by atoms with Gasteiger partial charge in [0.2, 0.25) is 5.92 Å². The first-order valence-electron chi connectivity index (χ1n) is 20.5. The van der Waals surface area contributed by atoms with Crippen molar-refractivity contribution in [1.82, 2.24) is 14.9 Å². The lowest BCUT2D eigenvalue weighted by Gasteiger charge is -2.61. The summed E-state index contributed by atoms with van der Waals surface area (Å²) in [6, 6.07) is 3.32. The van der Waals surface area contributed by atoms with Crippen molar-refractivity contribution < 1.29 is 27.8 Å². The molecule has 1 aliphatic heterocycles. The fraction of sp³-hybridized carbons (Fsp3) is 0.738. The van der Waals surface area contributed by atoms with Gasteiger partial charge < -0.3 is 19.5 Å². The van der Waals surface area contributed by atoms with E-state index in [4.69, 9.17) is 14.2 Å². The van der Waals surface area contributed by atoms with Gasteiger partial charge in [-0.05, 0) is 137 Å². The Morgan fingerprint density at radius 2 is 1.81 bits per heavy atom. The topological polar surface area (TPSA) is 97.8 Å². The molecule has 1 aromatic carbocycles. The van der Waals surface area contributed by atoms with E-state index >= 15 is 0 Å². The molecule has 7 rings (SSSR count). The first kappa shape index (κ1) is 39.8. The molecule has 5 aliphatic rings. The number of carbonyl (C=O) groups excluding carboxylic acids is 1. The molecule has 4 aliphatic carbocycles. The van der Waals surface area contributed by atoms with E-state index < -0.39 is 12.0 Å². The van der Waals surface area contributed by atoms with E-state index in [1.807, 2.05) is 26.0 Å². The van der Waals surface area contributed by atoms with E-state index in [0.717, 1.165) is 80.5 Å². The smallest absolute Gasteiger partial charge is 0.325 e. The third-order valence-electron chi connectivity index (χ3n) is 14.2. The Kier molecular flexibility index (Phi) is 12.2. The fourth-order valence-electron chi connectivity index (χ4n) is 11.1. The highest BCUT2D eigenvalue weighted by molar-refractivity contribution is 9.10. The van der Waals surface area contributed by atoms with Crippen molar-refractivity contribution in [3.63, 3.8) is 0 Å². The molecule has 0 radical (unpaired) electrons. The zero-order valence-corrected chi connectivity index (χ0v) is 34.2. The summed E-state index contributed by atoms with van der Waals surface area (Å²) in [6.07, 6.45) is 14.4. The monoisotopic (exact) mass is 815 g/mol. The second kappa shape index (κ2) is 16.6. The number of ether oxygens (including phenoxy) is 3. The summed E-state index contributed by atoms with van der Waals surface area (Å²) in [5.41, 5.74) is 2.63. The molecule has 5 fully saturated rings. The molecule has 2 heterocycles. The quantitative estimate of drug-likeness (QED) is 0.206. The minimum absolute atomic E-state index is 0.0709. The van der Waals surface area contributed by atoms with Crippen LogP contribution in [-0.2, 0) is 9.47 Å². The molecule has 1 aromatic heterocycles. The highest BCUT2D eigenvalue weighted by Crippen LogP contribution is 2.67. The lowest BCUT2D eigenvalue weighted by molar-refractivity contribution is -0.169. The van der Waals surface area contributed by atoms with E-state index in [0.29, 0.717) is 60.7 Å². The molecule has 298 valence electrons. The zero-order valence-electron chi connectivity index (χ0n) is 32.6. The van der Waals surface area contributed by atoms with Crippen molar-refractivity contribution in [2.75, 3.05) is 50.1 Å². The van der Waals surface area contributed by atoms with Crippen molar-refractivity contribution in [2.24, 2.45) is 34.5 Å². The van der Waals surface area contributed by atoms with Gasteiger partial charge in [0, 0.05) is 37.0 Å². The number of unbranched alkanes of at least 4 members (excludes halogenated alkanes) is 2. The first-order chi connectivity index (χ1) is 25.8. The van der Waals surface area contributed by atoms with Crippen molar-refractivity contribution in [2.45, 2.75) is 123 Å². The molecule has 9 nitrogen and oxygen atoms in total. The number of aromatic nitrogens is 2. The summed E-state index contributed by atoms with van der Waals surface area (Å²) in [4.78, 5) is 23.6. The molecule has 2 aromatic rings. The van der Waals surface area contributed by atoms with Gasteiger partial charge in [-0.1, -0.05) is 29.8 Å². The second-order valence-electron chi connectivity index (χ2n) is 17.6. The number of halogens is 3. The molecule has 0 spiro atoms. The maximum absolute atomic E-state index is 14.4. The van der Waals surface area contributed by atoms with Crippen molar-refractivity contribution in [1.29, 1.82) is 0 Å². The van der Waals surface area contributed by atoms with E-state index in [9.17, 15) is 13.6 Å². The van der Waals surface area contributed by atoms with E-state index in [2.05, 4.69) is 55.3 Å². The Morgan fingerprint density at radius 1 is 0.981 bits per heavy atom. The van der Waals surface area contributed by atoms with Crippen LogP contribution in [0.3, 0.4) is 0 Å². The number of nitrogens with zero attached hydrogens (tertiary/aromatic N) is 3. The number of alkyl halides is 2. The molecule has 8 atom stereocenters. The molecule has 0 bridgehead atoms. The van der Waals surface area contributed by atoms with Gasteiger partial charge >= 0.3 is 6.03 Å². The molecular weight excluding hydrogens is 756 g/mol. The van der Waals surface area contributed by atoms with Crippen LogP contribution < -0.4 is 15.4 Å². The number of carbonyl (C=O) groups is 1. The normalized spacial score (nSPS) is 33.3. The van der Waals surface area contributed by atoms with E-state index in [-0.39, 0.29) is 35.7 Å². The summed E-state index contributed by atoms with van der Waals surface area (Å²) >= 11 is 3.57. The van der Waals surface area contributed by atoms with Crippen LogP contribution in [0.2, 0.25) is 0 Å². The Labute approximate surface area is 328 Å². The molecular formula is C42H60BrF2N5O4. The van der Waals surface area contributed by atoms with Gasteiger partial charge in [0.05, 0.1) is 36.5 Å². The summed E-state index contributed by atoms with van der Waals surface area (Å²) in [5, 5.41) is 5.60. The van der Waals surface area contributed by atoms with Crippen LogP contribution in [0, 0.1) is 48.3 Å². The minimum Gasteiger partial charge on any atom is -0.489 e. The lowest BCUT2D eigenvalue weighted by Crippen LogP contribution is -2.55. The zero-order chi connectivity index (χ0) is 38.1. The fourth-order valence-corrected chi connectivity index (χ4v) is 11.4. The minimum atomic E-state index is -2.46. The van der Waals surface area contributed by atoms with Crippen molar-refractivity contribution in [3.05, 3.63) is 40.3 Å². The number of aryl methyl sites for hydroxylation is 2. The molecule has 1 saturated heterocycles. The van der Waals surface area contributed by atoms with Gasteiger partial charge in [-0.25, -0.2) is 18.6 Å². The summed E-state index contributed by atoms with van der Waals surface area (Å²) < 4.78 is 48.6. The molecule has 4 saturated carbocycles. The van der Waals surface area contributed by atoms with Crippen LogP contribution in [0.1, 0.15) is 102 Å². The first-order valence-corrected chi connectivity index (χ1v) is 21.3. The van der Waals surface area contributed by atoms with E-state index in [1.165, 1.54) is 25.5 Å². The summed E-state index contributed by atoms with van der Waals surface area (Å²) in [6.45, 7) is 13.3. The van der Waals surface area contributed by atoms with E-state index in [1.54, 1.807) is 6.20 Å². The van der Waals surface area contributed by atoms with Gasteiger partial charge in [0.25, 0.3) is 0 Å². The number of hydrogen-bond donors (Lipinski definition) is 2. The number of anilines is 2. The number of urea groups is 1. The largest absolute Gasteiger partial charge is 0.489 e. The Balaban J connectivity index is 0.821. The highest BCUT2D eigenvalue weighted by atomic mass is 79.9. The van der Waals surface area contributed by atoms with Gasteiger partial charge in [-0.2, -0.15) is 0 Å². The standard InChI is InChI=1S/C42H60BrF2N5O4/c1-27-20-36(35(21-34(27)43)48-39(51)49-38-24-46-28(2)23-47-38)54-26-30-25-50(17-19-52-30)16-6-5-7-18-53-37-11-10-32-31-9-8-29-22-42(44,45)15-14-40(29,3)33(31)12-13-41(32,37)4/h20-21,23-24,29-33,37H,5-19,22,25-26H2,1-4H3,(H2,47,48,49,51)/t29-,30-,31-,32-,33-,37-,40-,41-/m0/s1. The van der Waals surface area contributed by atoms with Crippen LogP contribution in [-0.4, -0.2) is 78.5 Å². The number of fused-ring (bicyclic) bond motifs is 5. The number of benzene rings is 1. The van der Waals surface area contributed by atoms with Crippen molar-refractivity contribution >= 4 is 33.5 Å². The van der Waals surface area contributed by atoms with Crippen LogP contribution in [0.4, 0.5) is 25.1 Å². The third-order valence-corrected chi connectivity index (χ3v) is 15.0. The van der Waals surface area contributed by atoms with Crippen LogP contribution >= 0.6 is 15.9 Å². The Hall–Kier alpha value is -2.41. The number of morpholine rings is 1. The molecule has 0 unspecified atom stereocenters. The van der Waals surface area contributed by atoms with Gasteiger partial charge in [-0.3, -0.25) is 15.2 Å². The van der Waals surface area contributed by atoms with Crippen LogP contribution in [0.5, 0.6) is 5.75 Å². The second-order valence-corrected chi connectivity index (χ2v) is 18.4. The lowest BCUT2D eigenvalue weighted by atomic mass is 9.45. The number of nitrogens with one attached hydrogen (secondary N) is 2. The maximum atomic E-state index is 14.4. The molecule has 54 heavy (non-hydrogen) atoms. The van der Waals surface area contributed by atoms with Gasteiger partial charge in [0.15, 0.2) is 5.82 Å². The highest BCUT2D eigenvalue weighted by Gasteiger charge is 2.62. The predicted molar refractivity (Wildman–Crippen MR) is 210 cm³/mol. The number of amides is 2. The van der Waals surface area contributed by atoms with Crippen molar-refractivity contribution in [3.8, 4) is 5.75 Å².